The summed E-state index contributed by atoms with van der Waals surface area (Å²) in [5, 5.41) is 11.7. The summed E-state index contributed by atoms with van der Waals surface area (Å²) in [6, 6.07) is 3.37. The molecule has 18 heavy (non-hydrogen) atoms. The van der Waals surface area contributed by atoms with E-state index in [-0.39, 0.29) is 17.9 Å². The molecule has 1 aromatic rings. The van der Waals surface area contributed by atoms with Crippen LogP contribution in [0.1, 0.15) is 42.5 Å². The largest absolute Gasteiger partial charge is 0.481 e. The topological polar surface area (TPSA) is 79.5 Å². The average molecular weight is 251 g/mol. The molecule has 1 aliphatic carbocycles. The van der Waals surface area contributed by atoms with E-state index in [1.165, 1.54) is 0 Å². The first-order valence-corrected chi connectivity index (χ1v) is 6.22. The zero-order valence-electron chi connectivity index (χ0n) is 10.3. The summed E-state index contributed by atoms with van der Waals surface area (Å²) in [4.78, 5) is 22.7. The van der Waals surface area contributed by atoms with Gasteiger partial charge in [-0.2, -0.15) is 0 Å². The molecule has 0 radical (unpaired) electrons. The molecule has 5 heteroatoms. The maximum absolute atomic E-state index is 11.9. The molecule has 1 fully saturated rings. The zero-order valence-corrected chi connectivity index (χ0v) is 10.3. The maximum atomic E-state index is 11.9. The third-order valence-electron chi connectivity index (χ3n) is 3.35. The quantitative estimate of drug-likeness (QED) is 0.855. The number of aryl methyl sites for hydroxylation is 1. The first-order valence-electron chi connectivity index (χ1n) is 6.22. The van der Waals surface area contributed by atoms with Crippen LogP contribution in [0.15, 0.2) is 16.5 Å². The van der Waals surface area contributed by atoms with Gasteiger partial charge in [-0.1, -0.05) is 6.92 Å². The number of aliphatic carboxylic acids is 1. The predicted octanol–water partition coefficient (Wildman–Crippen LogP) is 1.83. The highest BCUT2D eigenvalue weighted by atomic mass is 16.4. The highest BCUT2D eigenvalue weighted by Crippen LogP contribution is 2.26. The van der Waals surface area contributed by atoms with E-state index in [4.69, 9.17) is 9.52 Å². The molecule has 0 aromatic carbocycles. The second-order valence-electron chi connectivity index (χ2n) is 4.64. The number of nitrogens with one attached hydrogen (secondary N) is 1. The lowest BCUT2D eigenvalue weighted by Gasteiger charge is -2.10. The van der Waals surface area contributed by atoms with Crippen molar-refractivity contribution < 1.29 is 19.1 Å². The van der Waals surface area contributed by atoms with Gasteiger partial charge in [0, 0.05) is 12.5 Å². The summed E-state index contributed by atoms with van der Waals surface area (Å²) in [7, 11) is 0. The van der Waals surface area contributed by atoms with Gasteiger partial charge in [-0.25, -0.2) is 0 Å². The van der Waals surface area contributed by atoms with Crippen LogP contribution in [0.25, 0.3) is 0 Å². The molecule has 0 unspecified atom stereocenters. The van der Waals surface area contributed by atoms with Crippen molar-refractivity contribution in [1.29, 1.82) is 0 Å². The Labute approximate surface area is 105 Å². The number of hydrogen-bond acceptors (Lipinski definition) is 3. The molecule has 0 aliphatic heterocycles. The Morgan fingerprint density at radius 3 is 2.78 bits per heavy atom. The van der Waals surface area contributed by atoms with Crippen LogP contribution >= 0.6 is 0 Å². The number of furan rings is 1. The van der Waals surface area contributed by atoms with Crippen LogP contribution in [0.2, 0.25) is 0 Å². The number of rotatable bonds is 4. The molecule has 1 aliphatic rings. The highest BCUT2D eigenvalue weighted by molar-refractivity contribution is 5.91. The smallest absolute Gasteiger partial charge is 0.306 e. The van der Waals surface area contributed by atoms with Gasteiger partial charge in [0.25, 0.3) is 5.91 Å². The molecule has 2 N–H and O–H groups in total. The van der Waals surface area contributed by atoms with E-state index < -0.39 is 5.97 Å². The third-order valence-corrected chi connectivity index (χ3v) is 3.35. The average Bonchev–Trinajstić information content (AvgIpc) is 2.96. The van der Waals surface area contributed by atoms with Gasteiger partial charge >= 0.3 is 5.97 Å². The number of carbonyl (C=O) groups excluding carboxylic acids is 1. The lowest BCUT2D eigenvalue weighted by Crippen LogP contribution is -2.33. The van der Waals surface area contributed by atoms with Crippen LogP contribution in [0.3, 0.4) is 0 Å². The van der Waals surface area contributed by atoms with Crippen molar-refractivity contribution in [3.8, 4) is 0 Å². The van der Waals surface area contributed by atoms with Gasteiger partial charge in [0.15, 0.2) is 5.76 Å². The minimum Gasteiger partial charge on any atom is -0.481 e. The first kappa shape index (κ1) is 12.7. The van der Waals surface area contributed by atoms with E-state index in [0.717, 1.165) is 12.2 Å². The molecule has 98 valence electrons. The molecular formula is C13H17NO4. The van der Waals surface area contributed by atoms with Crippen LogP contribution < -0.4 is 5.32 Å². The van der Waals surface area contributed by atoms with E-state index in [0.29, 0.717) is 25.0 Å². The van der Waals surface area contributed by atoms with Gasteiger partial charge < -0.3 is 14.8 Å². The molecule has 1 heterocycles. The molecule has 0 spiro atoms. The first-order chi connectivity index (χ1) is 8.60. The fourth-order valence-corrected chi connectivity index (χ4v) is 2.28. The number of carboxylic acid groups (broad SMARTS) is 1. The Hall–Kier alpha value is -1.78. The summed E-state index contributed by atoms with van der Waals surface area (Å²) in [6.45, 7) is 1.95. The monoisotopic (exact) mass is 251 g/mol. The summed E-state index contributed by atoms with van der Waals surface area (Å²) >= 11 is 0. The fourth-order valence-electron chi connectivity index (χ4n) is 2.28. The summed E-state index contributed by atoms with van der Waals surface area (Å²) in [5.74, 6) is -0.303. The van der Waals surface area contributed by atoms with Crippen molar-refractivity contribution >= 4 is 11.9 Å². The zero-order chi connectivity index (χ0) is 13.1. The van der Waals surface area contributed by atoms with Crippen LogP contribution in [-0.2, 0) is 11.2 Å². The predicted molar refractivity (Wildman–Crippen MR) is 64.3 cm³/mol. The Bertz CT molecular complexity index is 452. The fraction of sp³-hybridized carbons (Fsp3) is 0.538. The number of carbonyl (C=O) groups is 2. The minimum absolute atomic E-state index is 0.0613. The summed E-state index contributed by atoms with van der Waals surface area (Å²) in [5.41, 5.74) is 0. The molecule has 0 saturated heterocycles. The Balaban J connectivity index is 1.90. The number of carboxylic acids is 1. The van der Waals surface area contributed by atoms with Gasteiger partial charge in [0.05, 0.1) is 5.92 Å². The molecule has 1 aromatic heterocycles. The highest BCUT2D eigenvalue weighted by Gasteiger charge is 2.31. The summed E-state index contributed by atoms with van der Waals surface area (Å²) < 4.78 is 5.35. The lowest BCUT2D eigenvalue weighted by molar-refractivity contribution is -0.141. The van der Waals surface area contributed by atoms with E-state index >= 15 is 0 Å². The maximum Gasteiger partial charge on any atom is 0.306 e. The Morgan fingerprint density at radius 1 is 1.44 bits per heavy atom. The minimum atomic E-state index is -0.780. The van der Waals surface area contributed by atoms with Crippen molar-refractivity contribution in [2.75, 3.05) is 0 Å². The van der Waals surface area contributed by atoms with E-state index in [1.54, 1.807) is 12.1 Å². The molecular weight excluding hydrogens is 234 g/mol. The molecule has 1 amide bonds. The molecule has 1 saturated carbocycles. The van der Waals surface area contributed by atoms with E-state index in [2.05, 4.69) is 5.32 Å². The number of amides is 1. The van der Waals surface area contributed by atoms with Gasteiger partial charge in [-0.3, -0.25) is 9.59 Å². The van der Waals surface area contributed by atoms with Gasteiger partial charge in [-0.15, -0.1) is 0 Å². The van der Waals surface area contributed by atoms with Crippen molar-refractivity contribution in [2.24, 2.45) is 5.92 Å². The van der Waals surface area contributed by atoms with Gasteiger partial charge in [0.1, 0.15) is 5.76 Å². The standard InChI is InChI=1S/C13H17NO4/c1-2-10-5-6-11(18-10)12(15)14-9-4-3-8(7-9)13(16)17/h5-6,8-9H,2-4,7H2,1H3,(H,14,15)(H,16,17)/t8-,9+/m0/s1. The van der Waals surface area contributed by atoms with Gasteiger partial charge in [0.2, 0.25) is 0 Å². The van der Waals surface area contributed by atoms with Crippen LogP contribution in [0, 0.1) is 5.92 Å². The second-order valence-corrected chi connectivity index (χ2v) is 4.64. The molecule has 2 rings (SSSR count). The Morgan fingerprint density at radius 2 is 2.22 bits per heavy atom. The van der Waals surface area contributed by atoms with E-state index in [9.17, 15) is 9.59 Å². The van der Waals surface area contributed by atoms with Crippen molar-refractivity contribution in [3.63, 3.8) is 0 Å². The van der Waals surface area contributed by atoms with E-state index in [1.807, 2.05) is 6.92 Å². The SMILES string of the molecule is CCc1ccc(C(=O)N[C@@H]2CC[C@H](C(=O)O)C2)o1. The van der Waals surface area contributed by atoms with Crippen LogP contribution in [0.4, 0.5) is 0 Å². The Kier molecular flexibility index (Phi) is 3.69. The normalized spacial score (nSPS) is 22.9. The molecule has 5 nitrogen and oxygen atoms in total. The van der Waals surface area contributed by atoms with Crippen LogP contribution in [-0.4, -0.2) is 23.0 Å². The van der Waals surface area contributed by atoms with Crippen molar-refractivity contribution in [1.82, 2.24) is 5.32 Å². The lowest BCUT2D eigenvalue weighted by atomic mass is 10.1. The number of hydrogen-bond donors (Lipinski definition) is 2. The van der Waals surface area contributed by atoms with Gasteiger partial charge in [-0.05, 0) is 31.4 Å². The molecule has 0 bridgehead atoms. The second kappa shape index (κ2) is 5.25. The molecule has 2 atom stereocenters. The van der Waals surface area contributed by atoms with Crippen molar-refractivity contribution in [3.05, 3.63) is 23.7 Å². The third kappa shape index (κ3) is 2.72. The van der Waals surface area contributed by atoms with Crippen LogP contribution in [0.5, 0.6) is 0 Å². The summed E-state index contributed by atoms with van der Waals surface area (Å²) in [6.07, 6.45) is 2.59. The van der Waals surface area contributed by atoms with Crippen molar-refractivity contribution in [2.45, 2.75) is 38.6 Å².